The van der Waals surface area contributed by atoms with Crippen LogP contribution in [0.3, 0.4) is 0 Å². The molecule has 56 valence electrons. The van der Waals surface area contributed by atoms with E-state index in [2.05, 4.69) is 10.3 Å². The van der Waals surface area contributed by atoms with E-state index in [0.717, 1.165) is 5.69 Å². The van der Waals surface area contributed by atoms with Crippen molar-refractivity contribution in [3.05, 3.63) is 11.9 Å². The second-order valence-corrected chi connectivity index (χ2v) is 2.40. The zero-order valence-corrected chi connectivity index (χ0v) is 6.28. The summed E-state index contributed by atoms with van der Waals surface area (Å²) in [5.74, 6) is 0. The first-order chi connectivity index (χ1) is 4.75. The Balaban J connectivity index is 2.82. The highest BCUT2D eigenvalue weighted by Crippen LogP contribution is 2.03. The van der Waals surface area contributed by atoms with Crippen molar-refractivity contribution < 1.29 is 0 Å². The average molecular weight is 140 g/mol. The lowest BCUT2D eigenvalue weighted by atomic mass is 10.3. The van der Waals surface area contributed by atoms with Gasteiger partial charge in [0, 0.05) is 6.54 Å². The van der Waals surface area contributed by atoms with Gasteiger partial charge in [-0.3, -0.25) is 0 Å². The number of aromatic nitrogens is 3. The van der Waals surface area contributed by atoms with Crippen LogP contribution < -0.4 is 5.73 Å². The van der Waals surface area contributed by atoms with Crippen molar-refractivity contribution in [2.45, 2.75) is 19.9 Å². The summed E-state index contributed by atoms with van der Waals surface area (Å²) in [5, 5.41) is 7.62. The average Bonchev–Trinajstić information content (AvgIpc) is 2.34. The Morgan fingerprint density at radius 3 is 2.90 bits per heavy atom. The number of rotatable bonds is 2. The third kappa shape index (κ3) is 1.16. The van der Waals surface area contributed by atoms with Gasteiger partial charge in [-0.1, -0.05) is 5.21 Å². The minimum absolute atomic E-state index is 0.252. The molecule has 0 amide bonds. The maximum absolute atomic E-state index is 5.44. The molecule has 0 aliphatic carbocycles. The first-order valence-electron chi connectivity index (χ1n) is 3.32. The SMILES string of the molecule is Cc1cnnn1C(C)CN. The molecule has 1 rings (SSSR count). The molecule has 0 bridgehead atoms. The van der Waals surface area contributed by atoms with Gasteiger partial charge in [0.15, 0.2) is 0 Å². The second-order valence-electron chi connectivity index (χ2n) is 2.40. The van der Waals surface area contributed by atoms with E-state index in [4.69, 9.17) is 5.73 Å². The summed E-state index contributed by atoms with van der Waals surface area (Å²) in [6.07, 6.45) is 1.73. The van der Waals surface area contributed by atoms with Crippen molar-refractivity contribution >= 4 is 0 Å². The maximum atomic E-state index is 5.44. The van der Waals surface area contributed by atoms with Gasteiger partial charge in [0.2, 0.25) is 0 Å². The largest absolute Gasteiger partial charge is 0.328 e. The molecule has 0 aromatic carbocycles. The number of aryl methyl sites for hydroxylation is 1. The first-order valence-corrected chi connectivity index (χ1v) is 3.32. The van der Waals surface area contributed by atoms with Gasteiger partial charge in [-0.05, 0) is 13.8 Å². The van der Waals surface area contributed by atoms with Crippen LogP contribution in [-0.2, 0) is 0 Å². The zero-order valence-electron chi connectivity index (χ0n) is 6.28. The standard InChI is InChI=1S/C6H12N4/c1-5(3-7)10-6(2)4-8-9-10/h4-5H,3,7H2,1-2H3. The van der Waals surface area contributed by atoms with Crippen molar-refractivity contribution in [2.24, 2.45) is 5.73 Å². The lowest BCUT2D eigenvalue weighted by molar-refractivity contribution is 0.475. The van der Waals surface area contributed by atoms with Crippen LogP contribution in [0.5, 0.6) is 0 Å². The molecule has 0 saturated carbocycles. The summed E-state index contributed by atoms with van der Waals surface area (Å²) >= 11 is 0. The molecule has 1 atom stereocenters. The molecule has 4 heteroatoms. The van der Waals surface area contributed by atoms with E-state index < -0.39 is 0 Å². The Morgan fingerprint density at radius 2 is 2.50 bits per heavy atom. The van der Waals surface area contributed by atoms with Gasteiger partial charge in [-0.2, -0.15) is 0 Å². The van der Waals surface area contributed by atoms with E-state index >= 15 is 0 Å². The highest BCUT2D eigenvalue weighted by molar-refractivity contribution is 4.90. The summed E-state index contributed by atoms with van der Waals surface area (Å²) in [6, 6.07) is 0.252. The molecule has 1 unspecified atom stereocenters. The molecule has 0 aliphatic rings. The summed E-state index contributed by atoms with van der Waals surface area (Å²) in [4.78, 5) is 0. The van der Waals surface area contributed by atoms with Crippen LogP contribution in [0.15, 0.2) is 6.20 Å². The Labute approximate surface area is 60.0 Å². The number of nitrogens with zero attached hydrogens (tertiary/aromatic N) is 3. The Morgan fingerprint density at radius 1 is 1.80 bits per heavy atom. The molecule has 0 saturated heterocycles. The van der Waals surface area contributed by atoms with Crippen LogP contribution in [0.25, 0.3) is 0 Å². The molecule has 0 radical (unpaired) electrons. The van der Waals surface area contributed by atoms with E-state index in [-0.39, 0.29) is 6.04 Å². The third-order valence-corrected chi connectivity index (χ3v) is 1.51. The molecule has 10 heavy (non-hydrogen) atoms. The third-order valence-electron chi connectivity index (χ3n) is 1.51. The van der Waals surface area contributed by atoms with Crippen LogP contribution in [0.1, 0.15) is 18.7 Å². The van der Waals surface area contributed by atoms with E-state index in [1.165, 1.54) is 0 Å². The molecule has 0 fully saturated rings. The molecule has 1 heterocycles. The van der Waals surface area contributed by atoms with E-state index in [9.17, 15) is 0 Å². The molecule has 1 aromatic rings. The highest BCUT2D eigenvalue weighted by Gasteiger charge is 2.04. The predicted octanol–water partition coefficient (Wildman–Crippen LogP) is 0.106. The second kappa shape index (κ2) is 2.79. The molecule has 4 nitrogen and oxygen atoms in total. The normalized spacial score (nSPS) is 13.5. The Kier molecular flexibility index (Phi) is 2.01. The first kappa shape index (κ1) is 7.21. The van der Waals surface area contributed by atoms with Gasteiger partial charge in [0.05, 0.1) is 17.9 Å². The van der Waals surface area contributed by atoms with E-state index in [0.29, 0.717) is 6.54 Å². The molecular weight excluding hydrogens is 128 g/mol. The van der Waals surface area contributed by atoms with Crippen LogP contribution in [-0.4, -0.2) is 21.5 Å². The van der Waals surface area contributed by atoms with Gasteiger partial charge < -0.3 is 5.73 Å². The molecule has 0 aliphatic heterocycles. The van der Waals surface area contributed by atoms with E-state index in [1.807, 2.05) is 18.5 Å². The van der Waals surface area contributed by atoms with E-state index in [1.54, 1.807) is 6.20 Å². The van der Waals surface area contributed by atoms with Crippen LogP contribution in [0.2, 0.25) is 0 Å². The van der Waals surface area contributed by atoms with Gasteiger partial charge in [-0.15, -0.1) is 5.10 Å². The Hall–Kier alpha value is -0.900. The molecule has 2 N–H and O–H groups in total. The summed E-state index contributed by atoms with van der Waals surface area (Å²) < 4.78 is 1.82. The fourth-order valence-electron chi connectivity index (χ4n) is 0.830. The monoisotopic (exact) mass is 140 g/mol. The predicted molar refractivity (Wildman–Crippen MR) is 38.5 cm³/mol. The number of hydrogen-bond donors (Lipinski definition) is 1. The fourth-order valence-corrected chi connectivity index (χ4v) is 0.830. The van der Waals surface area contributed by atoms with Gasteiger partial charge in [0.25, 0.3) is 0 Å². The quantitative estimate of drug-likeness (QED) is 0.634. The van der Waals surface area contributed by atoms with Gasteiger partial charge >= 0.3 is 0 Å². The van der Waals surface area contributed by atoms with Crippen LogP contribution in [0, 0.1) is 6.92 Å². The lowest BCUT2D eigenvalue weighted by Gasteiger charge is -2.08. The number of hydrogen-bond acceptors (Lipinski definition) is 3. The minimum Gasteiger partial charge on any atom is -0.328 e. The highest BCUT2D eigenvalue weighted by atomic mass is 15.4. The van der Waals surface area contributed by atoms with Crippen molar-refractivity contribution in [3.8, 4) is 0 Å². The summed E-state index contributed by atoms with van der Waals surface area (Å²) in [7, 11) is 0. The van der Waals surface area contributed by atoms with Crippen molar-refractivity contribution in [2.75, 3.05) is 6.54 Å². The topological polar surface area (TPSA) is 56.7 Å². The van der Waals surface area contributed by atoms with Gasteiger partial charge in [-0.25, -0.2) is 4.68 Å². The summed E-state index contributed by atoms with van der Waals surface area (Å²) in [6.45, 7) is 4.58. The van der Waals surface area contributed by atoms with Crippen molar-refractivity contribution in [1.82, 2.24) is 15.0 Å². The maximum Gasteiger partial charge on any atom is 0.0722 e. The van der Waals surface area contributed by atoms with Crippen LogP contribution in [0.4, 0.5) is 0 Å². The van der Waals surface area contributed by atoms with Gasteiger partial charge in [0.1, 0.15) is 0 Å². The van der Waals surface area contributed by atoms with Crippen molar-refractivity contribution in [1.29, 1.82) is 0 Å². The zero-order chi connectivity index (χ0) is 7.56. The van der Waals surface area contributed by atoms with Crippen molar-refractivity contribution in [3.63, 3.8) is 0 Å². The van der Waals surface area contributed by atoms with Crippen LogP contribution >= 0.6 is 0 Å². The molecule has 0 spiro atoms. The smallest absolute Gasteiger partial charge is 0.0722 e. The fraction of sp³-hybridized carbons (Fsp3) is 0.667. The Bertz CT molecular complexity index is 205. The number of nitrogens with two attached hydrogens (primary N) is 1. The molecule has 1 aromatic heterocycles. The molecular formula is C6H12N4. The minimum atomic E-state index is 0.252. The lowest BCUT2D eigenvalue weighted by Crippen LogP contribution is -2.18. The summed E-state index contributed by atoms with van der Waals surface area (Å²) in [5.41, 5.74) is 6.50.